The Morgan fingerprint density at radius 2 is 2.20 bits per heavy atom. The summed E-state index contributed by atoms with van der Waals surface area (Å²) in [6.45, 7) is 2.85. The third-order valence-electron chi connectivity index (χ3n) is 1.72. The van der Waals surface area contributed by atoms with Crippen LogP contribution in [0, 0.1) is 6.92 Å². The normalized spacial score (nSPS) is 11.9. The van der Waals surface area contributed by atoms with Crippen LogP contribution >= 0.6 is 0 Å². The van der Waals surface area contributed by atoms with Gasteiger partial charge in [0.25, 0.3) is 0 Å². The van der Waals surface area contributed by atoms with Crippen LogP contribution in [0.2, 0.25) is 0 Å². The summed E-state index contributed by atoms with van der Waals surface area (Å²) < 4.78 is 26.4. The van der Waals surface area contributed by atoms with Crippen molar-refractivity contribution >= 4 is 9.84 Å². The molecule has 0 aliphatic carbocycles. The minimum absolute atomic E-state index is 0.200. The molecule has 1 aromatic heterocycles. The molecule has 6 nitrogen and oxygen atoms in total. The number of aryl methyl sites for hydroxylation is 1. The standard InChI is InChI=1S/C8H15N3O3S/c1-7-10-8(11-14-7)6-9-4-3-5-15(2,12)13/h9H,3-6H2,1-2H3. The maximum absolute atomic E-state index is 10.8. The van der Waals surface area contributed by atoms with Crippen molar-refractivity contribution in [1.29, 1.82) is 0 Å². The average molecular weight is 233 g/mol. The Bertz CT molecular complexity index is 399. The number of hydrogen-bond acceptors (Lipinski definition) is 6. The van der Waals surface area contributed by atoms with E-state index < -0.39 is 9.84 Å². The lowest BCUT2D eigenvalue weighted by Crippen LogP contribution is -2.18. The molecule has 0 spiro atoms. The van der Waals surface area contributed by atoms with Gasteiger partial charge in [-0.15, -0.1) is 0 Å². The molecule has 86 valence electrons. The summed E-state index contributed by atoms with van der Waals surface area (Å²) in [5.41, 5.74) is 0. The zero-order valence-corrected chi connectivity index (χ0v) is 9.67. The molecule has 0 amide bonds. The molecule has 0 saturated carbocycles. The van der Waals surface area contributed by atoms with E-state index in [0.29, 0.717) is 31.2 Å². The highest BCUT2D eigenvalue weighted by atomic mass is 32.2. The summed E-state index contributed by atoms with van der Waals surface area (Å²) >= 11 is 0. The summed E-state index contributed by atoms with van der Waals surface area (Å²) in [7, 11) is -2.85. The summed E-state index contributed by atoms with van der Waals surface area (Å²) in [5.74, 6) is 1.32. The van der Waals surface area contributed by atoms with Crippen LogP contribution in [0.5, 0.6) is 0 Å². The fourth-order valence-electron chi connectivity index (χ4n) is 1.07. The highest BCUT2D eigenvalue weighted by Gasteiger charge is 2.03. The number of rotatable bonds is 6. The second kappa shape index (κ2) is 5.22. The Hall–Kier alpha value is -0.950. The van der Waals surface area contributed by atoms with Crippen molar-refractivity contribution in [1.82, 2.24) is 15.5 Å². The van der Waals surface area contributed by atoms with E-state index in [1.807, 2.05) is 0 Å². The number of hydrogen-bond donors (Lipinski definition) is 1. The molecule has 0 aromatic carbocycles. The van der Waals surface area contributed by atoms with Crippen LogP contribution in [0.3, 0.4) is 0 Å². The molecule has 7 heteroatoms. The molecule has 1 N–H and O–H groups in total. The Morgan fingerprint density at radius 1 is 1.47 bits per heavy atom. The summed E-state index contributed by atoms with van der Waals surface area (Å²) in [5, 5.41) is 6.73. The van der Waals surface area contributed by atoms with E-state index in [2.05, 4.69) is 15.5 Å². The van der Waals surface area contributed by atoms with E-state index in [1.54, 1.807) is 6.92 Å². The first kappa shape index (κ1) is 12.1. The van der Waals surface area contributed by atoms with Crippen LogP contribution in [0.4, 0.5) is 0 Å². The average Bonchev–Trinajstić information content (AvgIpc) is 2.49. The van der Waals surface area contributed by atoms with Gasteiger partial charge >= 0.3 is 0 Å². The Labute approximate surface area is 89.0 Å². The maximum Gasteiger partial charge on any atom is 0.223 e. The zero-order chi connectivity index (χ0) is 11.3. The van der Waals surface area contributed by atoms with Gasteiger partial charge in [-0.3, -0.25) is 0 Å². The van der Waals surface area contributed by atoms with Gasteiger partial charge in [-0.25, -0.2) is 8.42 Å². The summed E-state index contributed by atoms with van der Waals surface area (Å²) in [6.07, 6.45) is 1.82. The lowest BCUT2D eigenvalue weighted by molar-refractivity contribution is 0.385. The predicted molar refractivity (Wildman–Crippen MR) is 55.1 cm³/mol. The van der Waals surface area contributed by atoms with Gasteiger partial charge in [0.15, 0.2) is 5.82 Å². The van der Waals surface area contributed by atoms with Gasteiger partial charge in [0.05, 0.1) is 12.3 Å². The monoisotopic (exact) mass is 233 g/mol. The van der Waals surface area contributed by atoms with Crippen molar-refractivity contribution in [2.75, 3.05) is 18.6 Å². The molecule has 0 fully saturated rings. The second-order valence-electron chi connectivity index (χ2n) is 3.39. The molecular weight excluding hydrogens is 218 g/mol. The molecule has 15 heavy (non-hydrogen) atoms. The molecule has 0 aliphatic heterocycles. The maximum atomic E-state index is 10.8. The fraction of sp³-hybridized carbons (Fsp3) is 0.750. The Balaban J connectivity index is 2.12. The third-order valence-corrected chi connectivity index (χ3v) is 2.75. The topological polar surface area (TPSA) is 85.1 Å². The highest BCUT2D eigenvalue weighted by Crippen LogP contribution is 1.94. The first-order valence-corrected chi connectivity index (χ1v) is 6.71. The molecule has 0 radical (unpaired) electrons. The van der Waals surface area contributed by atoms with E-state index in [0.717, 1.165) is 0 Å². The fourth-order valence-corrected chi connectivity index (χ4v) is 1.74. The van der Waals surface area contributed by atoms with Crippen LogP contribution in [-0.2, 0) is 16.4 Å². The van der Waals surface area contributed by atoms with Crippen LogP contribution in [-0.4, -0.2) is 37.1 Å². The van der Waals surface area contributed by atoms with Crippen LogP contribution < -0.4 is 5.32 Å². The molecule has 1 rings (SSSR count). The minimum Gasteiger partial charge on any atom is -0.340 e. The van der Waals surface area contributed by atoms with E-state index in [-0.39, 0.29) is 5.75 Å². The van der Waals surface area contributed by atoms with Crippen molar-refractivity contribution in [2.45, 2.75) is 19.9 Å². The van der Waals surface area contributed by atoms with E-state index >= 15 is 0 Å². The summed E-state index contributed by atoms with van der Waals surface area (Å²) in [6, 6.07) is 0. The van der Waals surface area contributed by atoms with E-state index in [4.69, 9.17) is 4.52 Å². The van der Waals surface area contributed by atoms with Crippen molar-refractivity contribution in [3.8, 4) is 0 Å². The second-order valence-corrected chi connectivity index (χ2v) is 5.65. The van der Waals surface area contributed by atoms with Crippen molar-refractivity contribution in [3.63, 3.8) is 0 Å². The van der Waals surface area contributed by atoms with Gasteiger partial charge in [0.1, 0.15) is 9.84 Å². The van der Waals surface area contributed by atoms with Gasteiger partial charge in [0, 0.05) is 13.2 Å². The molecule has 0 atom stereocenters. The van der Waals surface area contributed by atoms with Crippen LogP contribution in [0.25, 0.3) is 0 Å². The number of nitrogens with one attached hydrogen (secondary N) is 1. The molecule has 0 aliphatic rings. The third kappa shape index (κ3) is 5.48. The first-order chi connectivity index (χ1) is 6.97. The quantitative estimate of drug-likeness (QED) is 0.691. The molecule has 1 heterocycles. The van der Waals surface area contributed by atoms with Crippen molar-refractivity contribution in [3.05, 3.63) is 11.7 Å². The van der Waals surface area contributed by atoms with Crippen molar-refractivity contribution in [2.24, 2.45) is 0 Å². The molecule has 0 saturated heterocycles. The molecule has 0 unspecified atom stereocenters. The lowest BCUT2D eigenvalue weighted by Gasteiger charge is -2.00. The molecule has 1 aromatic rings. The van der Waals surface area contributed by atoms with Crippen molar-refractivity contribution < 1.29 is 12.9 Å². The lowest BCUT2D eigenvalue weighted by atomic mass is 10.4. The van der Waals surface area contributed by atoms with Gasteiger partial charge < -0.3 is 9.84 Å². The van der Waals surface area contributed by atoms with Gasteiger partial charge in [-0.1, -0.05) is 5.16 Å². The van der Waals surface area contributed by atoms with Gasteiger partial charge in [-0.2, -0.15) is 4.98 Å². The predicted octanol–water partition coefficient (Wildman–Crippen LogP) is -0.0977. The Morgan fingerprint density at radius 3 is 2.73 bits per heavy atom. The molecular formula is C8H15N3O3S. The van der Waals surface area contributed by atoms with Gasteiger partial charge in [0.2, 0.25) is 5.89 Å². The number of aromatic nitrogens is 2. The van der Waals surface area contributed by atoms with Crippen LogP contribution in [0.1, 0.15) is 18.1 Å². The number of sulfone groups is 1. The van der Waals surface area contributed by atoms with Crippen LogP contribution in [0.15, 0.2) is 4.52 Å². The number of nitrogens with zero attached hydrogens (tertiary/aromatic N) is 2. The highest BCUT2D eigenvalue weighted by molar-refractivity contribution is 7.90. The first-order valence-electron chi connectivity index (χ1n) is 4.65. The largest absolute Gasteiger partial charge is 0.340 e. The van der Waals surface area contributed by atoms with E-state index in [1.165, 1.54) is 6.26 Å². The Kier molecular flexibility index (Phi) is 4.22. The molecule has 0 bridgehead atoms. The SMILES string of the molecule is Cc1nc(CNCCCS(C)(=O)=O)no1. The van der Waals surface area contributed by atoms with E-state index in [9.17, 15) is 8.42 Å². The minimum atomic E-state index is -2.85. The smallest absolute Gasteiger partial charge is 0.223 e. The summed E-state index contributed by atoms with van der Waals surface area (Å²) in [4.78, 5) is 4.00. The zero-order valence-electron chi connectivity index (χ0n) is 8.86. The van der Waals surface area contributed by atoms with Gasteiger partial charge in [-0.05, 0) is 13.0 Å².